The molecule has 0 rings (SSSR count). The third-order valence-corrected chi connectivity index (χ3v) is 5.06. The molecule has 0 amide bonds. The second kappa shape index (κ2) is 12.0. The molecule has 0 bridgehead atoms. The number of carbonyl (C=O) groups excluding carboxylic acids is 2. The van der Waals surface area contributed by atoms with Gasteiger partial charge in [-0.1, -0.05) is 26.5 Å². The van der Waals surface area contributed by atoms with E-state index in [0.717, 1.165) is 6.42 Å². The van der Waals surface area contributed by atoms with Gasteiger partial charge in [0.15, 0.2) is 0 Å². The van der Waals surface area contributed by atoms with E-state index in [1.54, 1.807) is 27.7 Å². The van der Waals surface area contributed by atoms with Crippen LogP contribution in [0.5, 0.6) is 0 Å². The van der Waals surface area contributed by atoms with Crippen molar-refractivity contribution in [1.82, 2.24) is 0 Å². The maximum Gasteiger partial charge on any atom is 0.333 e. The average molecular weight is 390 g/mol. The number of hydrogen-bond donors (Lipinski definition) is 0. The van der Waals surface area contributed by atoms with Crippen molar-refractivity contribution >= 4 is 19.5 Å². The second-order valence-electron chi connectivity index (χ2n) is 6.27. The van der Waals surface area contributed by atoms with Gasteiger partial charge in [0.1, 0.15) is 12.2 Å². The smallest absolute Gasteiger partial charge is 0.333 e. The molecule has 0 fully saturated rings. The molecule has 0 aliphatic heterocycles. The molecule has 2 unspecified atom stereocenters. The number of esters is 2. The molecule has 0 aromatic rings. The largest absolute Gasteiger partial charge is 0.457 e. The van der Waals surface area contributed by atoms with E-state index in [2.05, 4.69) is 13.2 Å². The van der Waals surface area contributed by atoms with Crippen molar-refractivity contribution in [3.63, 3.8) is 0 Å². The summed E-state index contributed by atoms with van der Waals surface area (Å²) in [5.74, 6) is -1.07. The van der Waals surface area contributed by atoms with Gasteiger partial charge in [-0.3, -0.25) is 4.57 Å². The maximum absolute atomic E-state index is 12.9. The first kappa shape index (κ1) is 24.6. The zero-order valence-electron chi connectivity index (χ0n) is 16.4. The number of carbonyl (C=O) groups is 2. The van der Waals surface area contributed by atoms with E-state index in [4.69, 9.17) is 18.5 Å². The SMILES string of the molecule is C=C(C)C(=O)OC(C)COP(=O)(CCCC)OCC(C)OC(=O)C(=C)C. The molecule has 0 radical (unpaired) electrons. The van der Waals surface area contributed by atoms with Crippen molar-refractivity contribution in [2.45, 2.75) is 59.7 Å². The Bertz CT molecular complexity index is 514. The van der Waals surface area contributed by atoms with Crippen LogP contribution in [-0.2, 0) is 32.7 Å². The van der Waals surface area contributed by atoms with Gasteiger partial charge in [-0.15, -0.1) is 0 Å². The van der Waals surface area contributed by atoms with Crippen LogP contribution in [0.3, 0.4) is 0 Å². The van der Waals surface area contributed by atoms with Crippen LogP contribution in [-0.4, -0.2) is 43.5 Å². The zero-order valence-corrected chi connectivity index (χ0v) is 17.3. The summed E-state index contributed by atoms with van der Waals surface area (Å²) in [7, 11) is -3.41. The lowest BCUT2D eigenvalue weighted by atomic mass is 10.3. The van der Waals surface area contributed by atoms with Crippen LogP contribution in [0.2, 0.25) is 0 Å². The van der Waals surface area contributed by atoms with E-state index in [0.29, 0.717) is 6.42 Å². The molecule has 0 spiro atoms. The summed E-state index contributed by atoms with van der Waals surface area (Å²) in [6.07, 6.45) is 0.493. The highest BCUT2D eigenvalue weighted by molar-refractivity contribution is 7.53. The second-order valence-corrected chi connectivity index (χ2v) is 8.46. The van der Waals surface area contributed by atoms with Crippen LogP contribution in [0.1, 0.15) is 47.5 Å². The number of ether oxygens (including phenoxy) is 2. The van der Waals surface area contributed by atoms with Crippen LogP contribution in [0.25, 0.3) is 0 Å². The summed E-state index contributed by atoms with van der Waals surface area (Å²) in [6.45, 7) is 15.2. The molecule has 2 atom stereocenters. The Kier molecular flexibility index (Phi) is 11.4. The minimum Gasteiger partial charge on any atom is -0.457 e. The molecule has 0 saturated heterocycles. The van der Waals surface area contributed by atoms with Crippen LogP contribution in [0.4, 0.5) is 0 Å². The molecular weight excluding hydrogens is 359 g/mol. The zero-order chi connectivity index (χ0) is 20.3. The Morgan fingerprint density at radius 1 is 0.923 bits per heavy atom. The first-order chi connectivity index (χ1) is 12.0. The summed E-state index contributed by atoms with van der Waals surface area (Å²) in [5.41, 5.74) is 0.547. The highest BCUT2D eigenvalue weighted by Gasteiger charge is 2.27. The quantitative estimate of drug-likeness (QED) is 0.266. The Balaban J connectivity index is 4.65. The molecule has 7 nitrogen and oxygen atoms in total. The normalized spacial score (nSPS) is 15.4. The third kappa shape index (κ3) is 10.5. The predicted molar refractivity (Wildman–Crippen MR) is 100 cm³/mol. The lowest BCUT2D eigenvalue weighted by Crippen LogP contribution is -2.23. The molecule has 0 aromatic heterocycles. The summed E-state index contributed by atoms with van der Waals surface area (Å²) in [5, 5.41) is 0. The van der Waals surface area contributed by atoms with Gasteiger partial charge in [-0.25, -0.2) is 9.59 Å². The summed E-state index contributed by atoms with van der Waals surface area (Å²) in [4.78, 5) is 23.0. The first-order valence-electron chi connectivity index (χ1n) is 8.61. The lowest BCUT2D eigenvalue weighted by molar-refractivity contribution is -0.145. The number of unbranched alkanes of at least 4 members (excludes halogenated alkanes) is 1. The molecule has 0 heterocycles. The van der Waals surface area contributed by atoms with Crippen LogP contribution >= 0.6 is 7.60 Å². The predicted octanol–water partition coefficient (Wildman–Crippen LogP) is 4.03. The van der Waals surface area contributed by atoms with Crippen molar-refractivity contribution in [1.29, 1.82) is 0 Å². The van der Waals surface area contributed by atoms with Gasteiger partial charge >= 0.3 is 19.5 Å². The van der Waals surface area contributed by atoms with Gasteiger partial charge in [0, 0.05) is 11.1 Å². The lowest BCUT2D eigenvalue weighted by Gasteiger charge is -2.22. The van der Waals surface area contributed by atoms with Crippen molar-refractivity contribution < 1.29 is 32.7 Å². The average Bonchev–Trinajstić information content (AvgIpc) is 2.56. The van der Waals surface area contributed by atoms with Gasteiger partial charge < -0.3 is 18.5 Å². The van der Waals surface area contributed by atoms with Crippen molar-refractivity contribution in [3.8, 4) is 0 Å². The molecule has 0 aliphatic carbocycles. The third-order valence-electron chi connectivity index (χ3n) is 3.11. The van der Waals surface area contributed by atoms with Gasteiger partial charge in [0.25, 0.3) is 0 Å². The van der Waals surface area contributed by atoms with E-state index < -0.39 is 31.7 Å². The number of rotatable bonds is 13. The fraction of sp³-hybridized carbons (Fsp3) is 0.667. The van der Waals surface area contributed by atoms with Crippen LogP contribution in [0, 0.1) is 0 Å². The van der Waals surface area contributed by atoms with Gasteiger partial charge in [-0.05, 0) is 34.1 Å². The van der Waals surface area contributed by atoms with E-state index >= 15 is 0 Å². The fourth-order valence-corrected chi connectivity index (χ4v) is 3.50. The number of hydrogen-bond acceptors (Lipinski definition) is 7. The Hall–Kier alpha value is -1.43. The monoisotopic (exact) mass is 390 g/mol. The van der Waals surface area contributed by atoms with Crippen molar-refractivity contribution in [3.05, 3.63) is 24.3 Å². The van der Waals surface area contributed by atoms with E-state index in [9.17, 15) is 14.2 Å². The van der Waals surface area contributed by atoms with E-state index in [1.807, 2.05) is 6.92 Å². The van der Waals surface area contributed by atoms with Crippen LogP contribution in [0.15, 0.2) is 24.3 Å². The Morgan fingerprint density at radius 3 is 1.62 bits per heavy atom. The molecule has 0 aliphatic rings. The van der Waals surface area contributed by atoms with E-state index in [1.165, 1.54) is 0 Å². The molecular formula is C18H31O7P. The fourth-order valence-electron chi connectivity index (χ4n) is 1.59. The Labute approximate surface area is 156 Å². The molecule has 8 heteroatoms. The Morgan fingerprint density at radius 2 is 1.31 bits per heavy atom. The molecule has 0 N–H and O–H groups in total. The van der Waals surface area contributed by atoms with Gasteiger partial charge in [0.2, 0.25) is 0 Å². The van der Waals surface area contributed by atoms with Gasteiger partial charge in [0.05, 0.1) is 19.4 Å². The molecule has 150 valence electrons. The topological polar surface area (TPSA) is 88.1 Å². The van der Waals surface area contributed by atoms with Crippen molar-refractivity contribution in [2.75, 3.05) is 19.4 Å². The molecule has 0 aromatic carbocycles. The van der Waals surface area contributed by atoms with E-state index in [-0.39, 0.29) is 30.5 Å². The summed E-state index contributed by atoms with van der Waals surface area (Å²) in [6, 6.07) is 0. The standard InChI is InChI=1S/C18H31O7P/c1-8-9-10-26(21,22-11-15(6)24-17(19)13(2)3)23-12-16(7)25-18(20)14(4)5/h15-16H,2,4,8-12H2,1,3,5-7H3. The highest BCUT2D eigenvalue weighted by Crippen LogP contribution is 2.49. The molecule has 0 saturated carbocycles. The first-order valence-corrected chi connectivity index (χ1v) is 10.3. The van der Waals surface area contributed by atoms with Crippen molar-refractivity contribution in [2.24, 2.45) is 0 Å². The van der Waals surface area contributed by atoms with Crippen LogP contribution < -0.4 is 0 Å². The molecule has 26 heavy (non-hydrogen) atoms. The minimum atomic E-state index is -3.41. The summed E-state index contributed by atoms with van der Waals surface area (Å²) >= 11 is 0. The minimum absolute atomic E-state index is 0.0695. The van der Waals surface area contributed by atoms with Gasteiger partial charge in [-0.2, -0.15) is 0 Å². The highest BCUT2D eigenvalue weighted by atomic mass is 31.2. The maximum atomic E-state index is 12.9. The summed E-state index contributed by atoms with van der Waals surface area (Å²) < 4.78 is 33.9.